The van der Waals surface area contributed by atoms with Gasteiger partial charge in [0.25, 0.3) is 0 Å². The maximum atomic E-state index is 5.85. The Bertz CT molecular complexity index is 329. The number of hydrogen-bond acceptors (Lipinski definition) is 2. The normalized spacial score (nSPS) is 25.6. The van der Waals surface area contributed by atoms with Crippen molar-refractivity contribution in [3.8, 4) is 5.75 Å². The van der Waals surface area contributed by atoms with Gasteiger partial charge in [0.15, 0.2) is 0 Å². The van der Waals surface area contributed by atoms with Gasteiger partial charge >= 0.3 is 0 Å². The van der Waals surface area contributed by atoms with Crippen LogP contribution in [0.4, 0.5) is 0 Å². The minimum atomic E-state index is 0.338. The topological polar surface area (TPSA) is 35.2 Å². The summed E-state index contributed by atoms with van der Waals surface area (Å²) in [6.07, 6.45) is 2.33. The van der Waals surface area contributed by atoms with Crippen molar-refractivity contribution < 1.29 is 4.74 Å². The molecule has 1 aromatic carbocycles. The minimum Gasteiger partial charge on any atom is -0.490 e. The maximum absolute atomic E-state index is 5.85. The first-order chi connectivity index (χ1) is 6.66. The van der Waals surface area contributed by atoms with E-state index in [1.165, 1.54) is 11.1 Å². The van der Waals surface area contributed by atoms with E-state index in [2.05, 4.69) is 19.9 Å². The van der Waals surface area contributed by atoms with Crippen LogP contribution in [-0.2, 0) is 0 Å². The summed E-state index contributed by atoms with van der Waals surface area (Å²) in [7, 11) is 0. The lowest BCUT2D eigenvalue weighted by Gasteiger charge is -2.33. The Morgan fingerprint density at radius 2 is 2.00 bits per heavy atom. The van der Waals surface area contributed by atoms with Gasteiger partial charge < -0.3 is 10.5 Å². The van der Waals surface area contributed by atoms with Gasteiger partial charge in [0, 0.05) is 6.04 Å². The molecule has 2 heteroatoms. The number of hydrogen-bond donors (Lipinski definition) is 1. The molecule has 2 nitrogen and oxygen atoms in total. The van der Waals surface area contributed by atoms with Crippen LogP contribution in [0.3, 0.4) is 0 Å². The summed E-state index contributed by atoms with van der Waals surface area (Å²) >= 11 is 0. The van der Waals surface area contributed by atoms with E-state index in [1.807, 2.05) is 12.1 Å². The molecule has 0 radical (unpaired) electrons. The fraction of sp³-hybridized carbons (Fsp3) is 0.500. The number of aryl methyl sites for hydroxylation is 1. The zero-order valence-corrected chi connectivity index (χ0v) is 8.79. The molecule has 0 heterocycles. The Kier molecular flexibility index (Phi) is 2.46. The Morgan fingerprint density at radius 3 is 2.64 bits per heavy atom. The van der Waals surface area contributed by atoms with E-state index in [9.17, 15) is 0 Å². The smallest absolute Gasteiger partial charge is 0.122 e. The Morgan fingerprint density at radius 1 is 1.29 bits per heavy atom. The van der Waals surface area contributed by atoms with Crippen molar-refractivity contribution in [3.63, 3.8) is 0 Å². The summed E-state index contributed by atoms with van der Waals surface area (Å²) in [5, 5.41) is 0. The highest BCUT2D eigenvalue weighted by molar-refractivity contribution is 5.38. The van der Waals surface area contributed by atoms with Gasteiger partial charge in [0.1, 0.15) is 11.9 Å². The third-order valence-electron chi connectivity index (χ3n) is 2.98. The first kappa shape index (κ1) is 9.53. The van der Waals surface area contributed by atoms with Gasteiger partial charge in [0.05, 0.1) is 0 Å². The molecule has 1 fully saturated rings. The van der Waals surface area contributed by atoms with E-state index in [1.54, 1.807) is 0 Å². The third kappa shape index (κ3) is 1.75. The highest BCUT2D eigenvalue weighted by Gasteiger charge is 2.27. The van der Waals surface area contributed by atoms with Crippen LogP contribution in [0.1, 0.15) is 24.0 Å². The van der Waals surface area contributed by atoms with Crippen molar-refractivity contribution in [3.05, 3.63) is 29.3 Å². The lowest BCUT2D eigenvalue weighted by atomic mass is 9.90. The van der Waals surface area contributed by atoms with Crippen LogP contribution in [0.5, 0.6) is 5.75 Å². The number of rotatable bonds is 2. The second-order valence-corrected chi connectivity index (χ2v) is 4.17. The third-order valence-corrected chi connectivity index (χ3v) is 2.98. The predicted octanol–water partition coefficient (Wildman–Crippen LogP) is 2.17. The summed E-state index contributed by atoms with van der Waals surface area (Å²) in [6.45, 7) is 4.21. The molecule has 0 aromatic heterocycles. The predicted molar refractivity (Wildman–Crippen MR) is 57.5 cm³/mol. The number of nitrogens with two attached hydrogens (primary N) is 1. The molecule has 0 atom stereocenters. The number of benzene rings is 1. The van der Waals surface area contributed by atoms with Gasteiger partial charge in [-0.25, -0.2) is 0 Å². The lowest BCUT2D eigenvalue weighted by Crippen LogP contribution is -2.43. The highest BCUT2D eigenvalue weighted by Crippen LogP contribution is 2.27. The van der Waals surface area contributed by atoms with Crippen molar-refractivity contribution >= 4 is 0 Å². The van der Waals surface area contributed by atoms with E-state index < -0.39 is 0 Å². The van der Waals surface area contributed by atoms with Crippen molar-refractivity contribution in [2.24, 2.45) is 5.73 Å². The van der Waals surface area contributed by atoms with Gasteiger partial charge in [-0.15, -0.1) is 0 Å². The van der Waals surface area contributed by atoms with E-state index in [-0.39, 0.29) is 0 Å². The van der Waals surface area contributed by atoms with E-state index in [4.69, 9.17) is 10.5 Å². The molecule has 0 spiro atoms. The summed E-state index contributed by atoms with van der Waals surface area (Å²) in [5.74, 6) is 1.02. The average Bonchev–Trinajstić information content (AvgIpc) is 2.10. The minimum absolute atomic E-state index is 0.338. The molecule has 2 rings (SSSR count). The quantitative estimate of drug-likeness (QED) is 0.777. The van der Waals surface area contributed by atoms with Gasteiger partial charge in [-0.05, 0) is 43.9 Å². The van der Waals surface area contributed by atoms with Crippen LogP contribution < -0.4 is 10.5 Å². The second kappa shape index (κ2) is 3.62. The van der Waals surface area contributed by atoms with Crippen molar-refractivity contribution in [1.29, 1.82) is 0 Å². The molecule has 1 aromatic rings. The second-order valence-electron chi connectivity index (χ2n) is 4.17. The molecular weight excluding hydrogens is 174 g/mol. The maximum Gasteiger partial charge on any atom is 0.122 e. The van der Waals surface area contributed by atoms with E-state index in [0.29, 0.717) is 12.1 Å². The molecule has 0 amide bonds. The molecule has 0 unspecified atom stereocenters. The lowest BCUT2D eigenvalue weighted by molar-refractivity contribution is 0.100. The monoisotopic (exact) mass is 191 g/mol. The molecule has 2 N–H and O–H groups in total. The van der Waals surface area contributed by atoms with Crippen LogP contribution in [-0.4, -0.2) is 12.1 Å². The van der Waals surface area contributed by atoms with Crippen molar-refractivity contribution in [1.82, 2.24) is 0 Å². The Hall–Kier alpha value is -1.02. The standard InChI is InChI=1S/C12H17NO/c1-8-4-3-5-12(9(8)2)14-11-6-10(13)7-11/h3-5,10-11H,6-7,13H2,1-2H3. The molecule has 0 bridgehead atoms. The highest BCUT2D eigenvalue weighted by atomic mass is 16.5. The molecular formula is C12H17NO. The average molecular weight is 191 g/mol. The van der Waals surface area contributed by atoms with Gasteiger partial charge in [-0.2, -0.15) is 0 Å². The van der Waals surface area contributed by atoms with Crippen LogP contribution in [0.25, 0.3) is 0 Å². The summed E-state index contributed by atoms with van der Waals surface area (Å²) in [6, 6.07) is 6.53. The fourth-order valence-electron chi connectivity index (χ4n) is 1.73. The van der Waals surface area contributed by atoms with Crippen LogP contribution in [0.2, 0.25) is 0 Å². The first-order valence-electron chi connectivity index (χ1n) is 5.15. The molecule has 76 valence electrons. The van der Waals surface area contributed by atoms with Crippen molar-refractivity contribution in [2.75, 3.05) is 0 Å². The van der Waals surface area contributed by atoms with E-state index in [0.717, 1.165) is 18.6 Å². The first-order valence-corrected chi connectivity index (χ1v) is 5.15. The number of ether oxygens (including phenoxy) is 1. The SMILES string of the molecule is Cc1cccc(OC2CC(N)C2)c1C. The van der Waals surface area contributed by atoms with Crippen LogP contribution in [0.15, 0.2) is 18.2 Å². The van der Waals surface area contributed by atoms with Gasteiger partial charge in [-0.1, -0.05) is 12.1 Å². The van der Waals surface area contributed by atoms with Crippen molar-refractivity contribution in [2.45, 2.75) is 38.8 Å². The molecule has 1 aliphatic carbocycles. The zero-order chi connectivity index (χ0) is 10.1. The molecule has 0 aliphatic heterocycles. The van der Waals surface area contributed by atoms with Crippen LogP contribution >= 0.6 is 0 Å². The largest absolute Gasteiger partial charge is 0.490 e. The summed E-state index contributed by atoms with van der Waals surface area (Å²) in [4.78, 5) is 0. The molecule has 0 saturated heterocycles. The summed E-state index contributed by atoms with van der Waals surface area (Å²) in [5.41, 5.74) is 8.24. The molecule has 1 saturated carbocycles. The van der Waals surface area contributed by atoms with Gasteiger partial charge in [0.2, 0.25) is 0 Å². The Balaban J connectivity index is 2.06. The van der Waals surface area contributed by atoms with Crippen LogP contribution in [0, 0.1) is 13.8 Å². The zero-order valence-electron chi connectivity index (χ0n) is 8.79. The fourth-order valence-corrected chi connectivity index (χ4v) is 1.73. The summed E-state index contributed by atoms with van der Waals surface area (Å²) < 4.78 is 5.85. The molecule has 14 heavy (non-hydrogen) atoms. The molecule has 1 aliphatic rings. The van der Waals surface area contributed by atoms with E-state index >= 15 is 0 Å². The Labute approximate surface area is 85.1 Å². The van der Waals surface area contributed by atoms with Gasteiger partial charge in [-0.3, -0.25) is 0 Å².